The van der Waals surface area contributed by atoms with Crippen molar-refractivity contribution < 1.29 is 4.39 Å². The minimum Gasteiger partial charge on any atom is -0.324 e. The molecule has 15 heavy (non-hydrogen) atoms. The third kappa shape index (κ3) is 2.08. The molecule has 4 heteroatoms. The van der Waals surface area contributed by atoms with Crippen LogP contribution < -0.4 is 5.73 Å². The molecule has 0 spiro atoms. The summed E-state index contributed by atoms with van der Waals surface area (Å²) in [6.07, 6.45) is 0. The quantitative estimate of drug-likeness (QED) is 0.791. The fourth-order valence-corrected chi connectivity index (χ4v) is 3.72. The highest BCUT2D eigenvalue weighted by Gasteiger charge is 2.24. The van der Waals surface area contributed by atoms with Crippen molar-refractivity contribution >= 4 is 27.7 Å². The third-order valence-corrected chi connectivity index (χ3v) is 4.94. The lowest BCUT2D eigenvalue weighted by molar-refractivity contribution is 0.521. The van der Waals surface area contributed by atoms with Crippen LogP contribution in [-0.2, 0) is 5.75 Å². The third-order valence-electron chi connectivity index (χ3n) is 2.83. The molecule has 1 aliphatic heterocycles. The molecule has 0 fully saturated rings. The molecule has 1 nitrogen and oxygen atoms in total. The molecule has 1 aliphatic rings. The Labute approximate surface area is 102 Å². The van der Waals surface area contributed by atoms with E-state index in [2.05, 4.69) is 22.9 Å². The highest BCUT2D eigenvalue weighted by Crippen LogP contribution is 2.37. The van der Waals surface area contributed by atoms with E-state index in [1.165, 1.54) is 6.07 Å². The molecule has 0 saturated heterocycles. The Bertz CT molecular complexity index is 383. The van der Waals surface area contributed by atoms with Crippen LogP contribution in [0.25, 0.3) is 0 Å². The average molecular weight is 290 g/mol. The lowest BCUT2D eigenvalue weighted by Gasteiger charge is -2.18. The SMILES string of the molecule is CC1CSCc2c(ccc(F)c2Br)C1N. The summed E-state index contributed by atoms with van der Waals surface area (Å²) in [5.74, 6) is 2.11. The highest BCUT2D eigenvalue weighted by molar-refractivity contribution is 9.10. The second-order valence-corrected chi connectivity index (χ2v) is 5.77. The van der Waals surface area contributed by atoms with Crippen molar-refractivity contribution in [2.45, 2.75) is 18.7 Å². The van der Waals surface area contributed by atoms with Gasteiger partial charge < -0.3 is 5.73 Å². The van der Waals surface area contributed by atoms with Crippen LogP contribution in [-0.4, -0.2) is 5.75 Å². The van der Waals surface area contributed by atoms with Gasteiger partial charge in [-0.15, -0.1) is 0 Å². The zero-order valence-corrected chi connectivity index (χ0v) is 10.9. The maximum absolute atomic E-state index is 13.4. The van der Waals surface area contributed by atoms with Crippen LogP contribution in [0.3, 0.4) is 0 Å². The summed E-state index contributed by atoms with van der Waals surface area (Å²) >= 11 is 5.12. The van der Waals surface area contributed by atoms with Crippen LogP contribution >= 0.6 is 27.7 Å². The summed E-state index contributed by atoms with van der Waals surface area (Å²) in [5.41, 5.74) is 8.26. The Hall–Kier alpha value is -0.0600. The van der Waals surface area contributed by atoms with Gasteiger partial charge in [0.15, 0.2) is 0 Å². The zero-order valence-electron chi connectivity index (χ0n) is 8.47. The predicted molar refractivity (Wildman–Crippen MR) is 66.4 cm³/mol. The standard InChI is InChI=1S/C11H13BrFNS/c1-6-4-15-5-8-7(11(6)14)2-3-9(13)10(8)12/h2-3,6,11H,4-5,14H2,1H3. The maximum atomic E-state index is 13.4. The Morgan fingerprint density at radius 1 is 1.53 bits per heavy atom. The molecule has 0 aromatic heterocycles. The Morgan fingerprint density at radius 3 is 3.00 bits per heavy atom. The molecule has 2 rings (SSSR count). The van der Waals surface area contributed by atoms with E-state index in [0.29, 0.717) is 10.4 Å². The molecule has 0 amide bonds. The Balaban J connectivity index is 2.53. The van der Waals surface area contributed by atoms with Gasteiger partial charge in [-0.2, -0.15) is 11.8 Å². The van der Waals surface area contributed by atoms with Crippen molar-refractivity contribution in [1.82, 2.24) is 0 Å². The molecule has 0 aliphatic carbocycles. The highest BCUT2D eigenvalue weighted by atomic mass is 79.9. The van der Waals surface area contributed by atoms with Crippen molar-refractivity contribution in [1.29, 1.82) is 0 Å². The van der Waals surface area contributed by atoms with Gasteiger partial charge in [-0.05, 0) is 44.8 Å². The molecule has 2 N–H and O–H groups in total. The van der Waals surface area contributed by atoms with Crippen molar-refractivity contribution in [3.63, 3.8) is 0 Å². The van der Waals surface area contributed by atoms with Gasteiger partial charge in [-0.1, -0.05) is 13.0 Å². The van der Waals surface area contributed by atoms with Crippen molar-refractivity contribution in [2.24, 2.45) is 11.7 Å². The second-order valence-electron chi connectivity index (χ2n) is 3.95. The number of hydrogen-bond acceptors (Lipinski definition) is 2. The zero-order chi connectivity index (χ0) is 11.0. The van der Waals surface area contributed by atoms with Gasteiger partial charge >= 0.3 is 0 Å². The molecule has 0 bridgehead atoms. The maximum Gasteiger partial charge on any atom is 0.137 e. The number of nitrogens with two attached hydrogens (primary N) is 1. The van der Waals surface area contributed by atoms with Gasteiger partial charge in [0, 0.05) is 11.8 Å². The summed E-state index contributed by atoms with van der Waals surface area (Å²) in [7, 11) is 0. The fraction of sp³-hybridized carbons (Fsp3) is 0.455. The van der Waals surface area contributed by atoms with E-state index >= 15 is 0 Å². The molecule has 1 aromatic carbocycles. The van der Waals surface area contributed by atoms with Crippen molar-refractivity contribution in [3.05, 3.63) is 33.5 Å². The summed E-state index contributed by atoms with van der Waals surface area (Å²) in [5, 5.41) is 0. The smallest absolute Gasteiger partial charge is 0.137 e. The summed E-state index contributed by atoms with van der Waals surface area (Å²) in [6, 6.07) is 3.33. The number of halogens is 2. The van der Waals surface area contributed by atoms with E-state index in [9.17, 15) is 4.39 Å². The molecular formula is C11H13BrFNS. The van der Waals surface area contributed by atoms with Gasteiger partial charge in [-0.25, -0.2) is 4.39 Å². The summed E-state index contributed by atoms with van der Waals surface area (Å²) in [4.78, 5) is 0. The molecule has 1 aromatic rings. The minimum atomic E-state index is -0.198. The molecule has 82 valence electrons. The van der Waals surface area contributed by atoms with E-state index in [-0.39, 0.29) is 11.9 Å². The first-order valence-electron chi connectivity index (χ1n) is 4.91. The van der Waals surface area contributed by atoms with Crippen molar-refractivity contribution in [2.75, 3.05) is 5.75 Å². The van der Waals surface area contributed by atoms with Gasteiger partial charge in [0.1, 0.15) is 5.82 Å². The van der Waals surface area contributed by atoms with Crippen LogP contribution in [0.1, 0.15) is 24.1 Å². The van der Waals surface area contributed by atoms with E-state index in [1.54, 1.807) is 0 Å². The molecule has 0 radical (unpaired) electrons. The largest absolute Gasteiger partial charge is 0.324 e. The van der Waals surface area contributed by atoms with E-state index < -0.39 is 0 Å². The summed E-state index contributed by atoms with van der Waals surface area (Å²) in [6.45, 7) is 2.14. The molecule has 2 unspecified atom stereocenters. The van der Waals surface area contributed by atoms with Gasteiger partial charge in [0.25, 0.3) is 0 Å². The van der Waals surface area contributed by atoms with Crippen LogP contribution in [0, 0.1) is 11.7 Å². The first-order chi connectivity index (χ1) is 7.11. The van der Waals surface area contributed by atoms with E-state index in [4.69, 9.17) is 5.73 Å². The molecule has 2 atom stereocenters. The van der Waals surface area contributed by atoms with Crippen LogP contribution in [0.4, 0.5) is 4.39 Å². The first kappa shape index (κ1) is 11.4. The van der Waals surface area contributed by atoms with Crippen LogP contribution in [0.5, 0.6) is 0 Å². The minimum absolute atomic E-state index is 0.0203. The molecule has 1 heterocycles. The second kappa shape index (κ2) is 4.44. The number of thioether (sulfide) groups is 1. The number of rotatable bonds is 0. The van der Waals surface area contributed by atoms with Gasteiger partial charge in [-0.3, -0.25) is 0 Å². The predicted octanol–water partition coefficient (Wildman–Crippen LogP) is 3.47. The Morgan fingerprint density at radius 2 is 2.27 bits per heavy atom. The Kier molecular flexibility index (Phi) is 3.38. The number of fused-ring (bicyclic) bond motifs is 1. The van der Waals surface area contributed by atoms with E-state index in [1.807, 2.05) is 17.8 Å². The van der Waals surface area contributed by atoms with Gasteiger partial charge in [0.05, 0.1) is 4.47 Å². The fourth-order valence-electron chi connectivity index (χ4n) is 1.82. The lowest BCUT2D eigenvalue weighted by atomic mass is 9.93. The topological polar surface area (TPSA) is 26.0 Å². The normalized spacial score (nSPS) is 25.9. The molecule has 0 saturated carbocycles. The number of hydrogen-bond donors (Lipinski definition) is 1. The van der Waals surface area contributed by atoms with Crippen LogP contribution in [0.2, 0.25) is 0 Å². The van der Waals surface area contributed by atoms with Crippen molar-refractivity contribution in [3.8, 4) is 0 Å². The lowest BCUT2D eigenvalue weighted by Crippen LogP contribution is -2.20. The monoisotopic (exact) mass is 289 g/mol. The van der Waals surface area contributed by atoms with E-state index in [0.717, 1.165) is 22.6 Å². The van der Waals surface area contributed by atoms with Gasteiger partial charge in [0.2, 0.25) is 0 Å². The number of benzene rings is 1. The van der Waals surface area contributed by atoms with Crippen LogP contribution in [0.15, 0.2) is 16.6 Å². The first-order valence-corrected chi connectivity index (χ1v) is 6.86. The molecular weight excluding hydrogens is 277 g/mol. The summed E-state index contributed by atoms with van der Waals surface area (Å²) < 4.78 is 13.9. The average Bonchev–Trinajstić information content (AvgIpc) is 2.35.